The number of aromatic carboxylic acids is 1. The summed E-state index contributed by atoms with van der Waals surface area (Å²) >= 11 is 0.991. The molecule has 100 valence electrons. The number of carbonyl (C=O) groups is 2. The summed E-state index contributed by atoms with van der Waals surface area (Å²) < 4.78 is 0. The Hall–Kier alpha value is -1.47. The van der Waals surface area contributed by atoms with Crippen LogP contribution in [0.2, 0.25) is 0 Å². The maximum atomic E-state index is 12.1. The van der Waals surface area contributed by atoms with Crippen molar-refractivity contribution in [1.82, 2.24) is 9.88 Å². The topological polar surface area (TPSA) is 90.7 Å². The number of aromatic nitrogens is 1. The van der Waals surface area contributed by atoms with Gasteiger partial charge in [-0.05, 0) is 20.8 Å². The zero-order valence-electron chi connectivity index (χ0n) is 10.5. The van der Waals surface area contributed by atoms with Gasteiger partial charge in [0.05, 0.1) is 5.60 Å². The highest BCUT2D eigenvalue weighted by molar-refractivity contribution is 7.11. The van der Waals surface area contributed by atoms with Crippen molar-refractivity contribution in [2.24, 2.45) is 0 Å². The van der Waals surface area contributed by atoms with E-state index in [1.165, 1.54) is 10.3 Å². The normalized spacial score (nSPS) is 11.3. The smallest absolute Gasteiger partial charge is 0.355 e. The third-order valence-electron chi connectivity index (χ3n) is 2.15. The molecular formula is C11H16N2O4S. The minimum absolute atomic E-state index is 0.124. The summed E-state index contributed by atoms with van der Waals surface area (Å²) in [5.74, 6) is -1.52. The highest BCUT2D eigenvalue weighted by Crippen LogP contribution is 2.14. The molecule has 0 aliphatic rings. The van der Waals surface area contributed by atoms with Crippen LogP contribution in [0.25, 0.3) is 0 Å². The average molecular weight is 272 g/mol. The van der Waals surface area contributed by atoms with Crippen molar-refractivity contribution < 1.29 is 19.8 Å². The van der Waals surface area contributed by atoms with Crippen LogP contribution in [-0.2, 0) is 0 Å². The molecule has 0 saturated heterocycles. The van der Waals surface area contributed by atoms with Gasteiger partial charge < -0.3 is 15.1 Å². The van der Waals surface area contributed by atoms with Gasteiger partial charge in [-0.1, -0.05) is 0 Å². The molecule has 0 radical (unpaired) electrons. The lowest BCUT2D eigenvalue weighted by Gasteiger charge is -2.27. The molecule has 0 aromatic carbocycles. The fourth-order valence-electron chi connectivity index (χ4n) is 1.40. The second-order valence-electron chi connectivity index (χ2n) is 4.47. The molecule has 0 bridgehead atoms. The molecule has 0 aliphatic carbocycles. The van der Waals surface area contributed by atoms with Gasteiger partial charge in [0.15, 0.2) is 10.7 Å². The summed E-state index contributed by atoms with van der Waals surface area (Å²) in [6.45, 7) is 5.59. The molecule has 0 unspecified atom stereocenters. The van der Waals surface area contributed by atoms with Crippen molar-refractivity contribution in [3.05, 3.63) is 16.1 Å². The van der Waals surface area contributed by atoms with E-state index in [2.05, 4.69) is 4.98 Å². The molecule has 1 aromatic rings. The SMILES string of the molecule is CCN(CC(C)(C)O)C(=O)c1nc(C(=O)O)cs1. The van der Waals surface area contributed by atoms with Gasteiger partial charge in [0.1, 0.15) is 0 Å². The molecule has 1 heterocycles. The predicted octanol–water partition coefficient (Wildman–Crippen LogP) is 1.07. The quantitative estimate of drug-likeness (QED) is 0.836. The van der Waals surface area contributed by atoms with E-state index < -0.39 is 11.6 Å². The van der Waals surface area contributed by atoms with E-state index in [9.17, 15) is 14.7 Å². The van der Waals surface area contributed by atoms with Gasteiger partial charge in [0.2, 0.25) is 0 Å². The first kappa shape index (κ1) is 14.6. The lowest BCUT2D eigenvalue weighted by molar-refractivity contribution is 0.0314. The standard InChI is InChI=1S/C11H16N2O4S/c1-4-13(6-11(2,3)17)9(14)8-12-7(5-18-8)10(15)16/h5,17H,4,6H2,1-3H3,(H,15,16). The second kappa shape index (κ2) is 5.45. The molecule has 0 fully saturated rings. The van der Waals surface area contributed by atoms with Crippen LogP contribution in [0.1, 0.15) is 41.1 Å². The largest absolute Gasteiger partial charge is 0.476 e. The molecule has 2 N–H and O–H groups in total. The molecule has 0 spiro atoms. The van der Waals surface area contributed by atoms with E-state index >= 15 is 0 Å². The van der Waals surface area contributed by atoms with E-state index in [4.69, 9.17) is 5.11 Å². The average Bonchev–Trinajstić information content (AvgIpc) is 2.72. The number of carbonyl (C=O) groups excluding carboxylic acids is 1. The van der Waals surface area contributed by atoms with Crippen molar-refractivity contribution in [3.63, 3.8) is 0 Å². The summed E-state index contributed by atoms with van der Waals surface area (Å²) in [7, 11) is 0. The van der Waals surface area contributed by atoms with Crippen LogP contribution in [0.3, 0.4) is 0 Å². The van der Waals surface area contributed by atoms with E-state index in [0.29, 0.717) is 6.54 Å². The van der Waals surface area contributed by atoms with Crippen molar-refractivity contribution in [2.75, 3.05) is 13.1 Å². The Balaban J connectivity index is 2.86. The minimum Gasteiger partial charge on any atom is -0.476 e. The molecule has 0 aliphatic heterocycles. The Bertz CT molecular complexity index is 450. The monoisotopic (exact) mass is 272 g/mol. The molecule has 0 atom stereocenters. The van der Waals surface area contributed by atoms with Crippen LogP contribution in [0.15, 0.2) is 5.38 Å². The Labute approximate surface area is 109 Å². The fourth-order valence-corrected chi connectivity index (χ4v) is 2.16. The number of nitrogens with zero attached hydrogens (tertiary/aromatic N) is 2. The van der Waals surface area contributed by atoms with Gasteiger partial charge in [-0.3, -0.25) is 4.79 Å². The van der Waals surface area contributed by atoms with Gasteiger partial charge in [0, 0.05) is 18.5 Å². The van der Waals surface area contributed by atoms with E-state index in [1.54, 1.807) is 20.8 Å². The number of likely N-dealkylation sites (N-methyl/N-ethyl adjacent to an activating group) is 1. The van der Waals surface area contributed by atoms with Crippen LogP contribution in [0.5, 0.6) is 0 Å². The number of thiazole rings is 1. The number of rotatable bonds is 5. The highest BCUT2D eigenvalue weighted by atomic mass is 32.1. The Morgan fingerprint density at radius 2 is 2.11 bits per heavy atom. The summed E-state index contributed by atoms with van der Waals surface area (Å²) in [5, 5.41) is 19.9. The molecule has 6 nitrogen and oxygen atoms in total. The van der Waals surface area contributed by atoms with Crippen LogP contribution < -0.4 is 0 Å². The number of hydrogen-bond acceptors (Lipinski definition) is 5. The fraction of sp³-hybridized carbons (Fsp3) is 0.545. The van der Waals surface area contributed by atoms with Gasteiger partial charge in [0.25, 0.3) is 5.91 Å². The summed E-state index contributed by atoms with van der Waals surface area (Å²) in [6, 6.07) is 0. The summed E-state index contributed by atoms with van der Waals surface area (Å²) in [4.78, 5) is 27.9. The number of amides is 1. The van der Waals surface area contributed by atoms with Crippen LogP contribution in [-0.4, -0.2) is 50.7 Å². The van der Waals surface area contributed by atoms with Gasteiger partial charge in [-0.2, -0.15) is 0 Å². The van der Waals surface area contributed by atoms with Gasteiger partial charge in [-0.25, -0.2) is 9.78 Å². The zero-order chi connectivity index (χ0) is 13.9. The first-order valence-electron chi connectivity index (χ1n) is 5.45. The second-order valence-corrected chi connectivity index (χ2v) is 5.33. The maximum absolute atomic E-state index is 12.1. The van der Waals surface area contributed by atoms with Crippen molar-refractivity contribution in [1.29, 1.82) is 0 Å². The molecule has 1 amide bonds. The van der Waals surface area contributed by atoms with Crippen LogP contribution >= 0.6 is 11.3 Å². The summed E-state index contributed by atoms with van der Waals surface area (Å²) in [6.07, 6.45) is 0. The van der Waals surface area contributed by atoms with E-state index in [0.717, 1.165) is 11.3 Å². The van der Waals surface area contributed by atoms with Crippen LogP contribution in [0.4, 0.5) is 0 Å². The zero-order valence-corrected chi connectivity index (χ0v) is 11.3. The Morgan fingerprint density at radius 3 is 2.50 bits per heavy atom. The highest BCUT2D eigenvalue weighted by Gasteiger charge is 2.24. The first-order chi connectivity index (χ1) is 8.24. The number of hydrogen-bond donors (Lipinski definition) is 2. The predicted molar refractivity (Wildman–Crippen MR) is 66.9 cm³/mol. The van der Waals surface area contributed by atoms with Crippen molar-refractivity contribution in [2.45, 2.75) is 26.4 Å². The van der Waals surface area contributed by atoms with Gasteiger partial charge >= 0.3 is 5.97 Å². The summed E-state index contributed by atoms with van der Waals surface area (Å²) in [5.41, 5.74) is -1.14. The lowest BCUT2D eigenvalue weighted by atomic mass is 10.1. The number of carboxylic acid groups (broad SMARTS) is 1. The van der Waals surface area contributed by atoms with Gasteiger partial charge in [-0.15, -0.1) is 11.3 Å². The van der Waals surface area contributed by atoms with E-state index in [-0.39, 0.29) is 23.2 Å². The molecule has 1 rings (SSSR count). The van der Waals surface area contributed by atoms with Crippen molar-refractivity contribution >= 4 is 23.2 Å². The third kappa shape index (κ3) is 3.78. The molecule has 0 saturated carbocycles. The van der Waals surface area contributed by atoms with Crippen LogP contribution in [0, 0.1) is 0 Å². The minimum atomic E-state index is -1.16. The molecule has 18 heavy (non-hydrogen) atoms. The Morgan fingerprint density at radius 1 is 1.50 bits per heavy atom. The molecule has 1 aromatic heterocycles. The number of carboxylic acids is 1. The molecule has 7 heteroatoms. The third-order valence-corrected chi connectivity index (χ3v) is 2.98. The Kier molecular flexibility index (Phi) is 4.42. The van der Waals surface area contributed by atoms with E-state index in [1.807, 2.05) is 0 Å². The van der Waals surface area contributed by atoms with Crippen molar-refractivity contribution in [3.8, 4) is 0 Å². The number of aliphatic hydroxyl groups is 1. The molecular weight excluding hydrogens is 256 g/mol. The first-order valence-corrected chi connectivity index (χ1v) is 6.33. The maximum Gasteiger partial charge on any atom is 0.355 e. The lowest BCUT2D eigenvalue weighted by Crippen LogP contribution is -2.42.